The molecule has 0 aliphatic carbocycles. The molecule has 0 bridgehead atoms. The number of aryl methyl sites for hydroxylation is 1. The molecule has 10 heteroatoms. The number of carbonyl (C=O) groups excluding carboxylic acids is 3. The quantitative estimate of drug-likeness (QED) is 0.598. The molecule has 9 nitrogen and oxygen atoms in total. The number of rotatable bonds is 6. The van der Waals surface area contributed by atoms with E-state index < -0.39 is 34.0 Å². The second-order valence-corrected chi connectivity index (χ2v) is 8.18. The molecule has 2 aromatic rings. The highest BCUT2D eigenvalue weighted by Gasteiger charge is 2.21. The molecular weight excluding hydrogens is 410 g/mol. The third kappa shape index (κ3) is 5.57. The first-order valence-corrected chi connectivity index (χ1v) is 10.5. The zero-order valence-electron chi connectivity index (χ0n) is 17.0. The molecule has 2 aromatic carbocycles. The third-order valence-electron chi connectivity index (χ3n) is 4.37. The lowest BCUT2D eigenvalue weighted by Crippen LogP contribution is -2.43. The summed E-state index contributed by atoms with van der Waals surface area (Å²) in [6, 6.07) is 9.65. The van der Waals surface area contributed by atoms with Gasteiger partial charge in [0, 0.05) is 7.05 Å². The molecule has 0 saturated heterocycles. The SMILES string of the molecule is CNC(=O)NC(=O)C(C)OC(=O)c1ccc(S(=O)(=O)Nc2cccc(C)c2C)cc1. The largest absolute Gasteiger partial charge is 0.449 e. The number of anilines is 1. The number of sulfonamides is 1. The van der Waals surface area contributed by atoms with Crippen molar-refractivity contribution in [3.63, 3.8) is 0 Å². The summed E-state index contributed by atoms with van der Waals surface area (Å²) in [4.78, 5) is 35.0. The van der Waals surface area contributed by atoms with Crippen molar-refractivity contribution in [2.24, 2.45) is 0 Å². The van der Waals surface area contributed by atoms with Crippen LogP contribution in [0.25, 0.3) is 0 Å². The maximum atomic E-state index is 12.6. The standard InChI is InChI=1S/C20H23N3O6S/c1-12-6-5-7-17(13(12)2)23-30(27,28)16-10-8-15(9-11-16)19(25)29-14(3)18(24)22-20(26)21-4/h5-11,14,23H,1-4H3,(H2,21,22,24,26). The van der Waals surface area contributed by atoms with E-state index >= 15 is 0 Å². The van der Waals surface area contributed by atoms with Crippen molar-refractivity contribution in [3.05, 3.63) is 59.2 Å². The van der Waals surface area contributed by atoms with Crippen molar-refractivity contribution in [1.29, 1.82) is 0 Å². The lowest BCUT2D eigenvalue weighted by molar-refractivity contribution is -0.127. The molecule has 2 rings (SSSR count). The molecule has 1 unspecified atom stereocenters. The summed E-state index contributed by atoms with van der Waals surface area (Å²) in [5, 5.41) is 4.20. The van der Waals surface area contributed by atoms with E-state index in [0.717, 1.165) is 11.1 Å². The predicted molar refractivity (Wildman–Crippen MR) is 111 cm³/mol. The molecule has 0 saturated carbocycles. The lowest BCUT2D eigenvalue weighted by Gasteiger charge is -2.14. The van der Waals surface area contributed by atoms with Crippen LogP contribution in [0.2, 0.25) is 0 Å². The van der Waals surface area contributed by atoms with Gasteiger partial charge in [0.25, 0.3) is 15.9 Å². The zero-order valence-corrected chi connectivity index (χ0v) is 17.8. The molecule has 30 heavy (non-hydrogen) atoms. The molecule has 0 aliphatic rings. The van der Waals surface area contributed by atoms with Gasteiger partial charge in [-0.1, -0.05) is 12.1 Å². The molecule has 0 radical (unpaired) electrons. The first kappa shape index (κ1) is 22.9. The fraction of sp³-hybridized carbons (Fsp3) is 0.250. The Hall–Kier alpha value is -3.40. The highest BCUT2D eigenvalue weighted by Crippen LogP contribution is 2.22. The van der Waals surface area contributed by atoms with Crippen LogP contribution in [0.5, 0.6) is 0 Å². The van der Waals surface area contributed by atoms with Gasteiger partial charge in [-0.15, -0.1) is 0 Å². The maximum absolute atomic E-state index is 12.6. The third-order valence-corrected chi connectivity index (χ3v) is 5.75. The van der Waals surface area contributed by atoms with Gasteiger partial charge in [-0.3, -0.25) is 14.8 Å². The van der Waals surface area contributed by atoms with Gasteiger partial charge in [0.2, 0.25) is 0 Å². The van der Waals surface area contributed by atoms with E-state index in [-0.39, 0.29) is 10.5 Å². The van der Waals surface area contributed by atoms with Crippen molar-refractivity contribution in [2.75, 3.05) is 11.8 Å². The number of nitrogens with one attached hydrogen (secondary N) is 3. The van der Waals surface area contributed by atoms with E-state index in [1.807, 2.05) is 25.2 Å². The van der Waals surface area contributed by atoms with Crippen molar-refractivity contribution in [1.82, 2.24) is 10.6 Å². The number of carbonyl (C=O) groups is 3. The Balaban J connectivity index is 2.09. The highest BCUT2D eigenvalue weighted by molar-refractivity contribution is 7.92. The van der Waals surface area contributed by atoms with Gasteiger partial charge in [-0.2, -0.15) is 0 Å². The highest BCUT2D eigenvalue weighted by atomic mass is 32.2. The molecule has 0 fully saturated rings. The second kappa shape index (κ2) is 9.40. The Morgan fingerprint density at radius 1 is 1.00 bits per heavy atom. The van der Waals surface area contributed by atoms with Crippen LogP contribution in [0.15, 0.2) is 47.4 Å². The van der Waals surface area contributed by atoms with Gasteiger partial charge in [-0.05, 0) is 62.2 Å². The molecule has 0 aliphatic heterocycles. The Labute approximate surface area is 174 Å². The Kier molecular flexibility index (Phi) is 7.17. The van der Waals surface area contributed by atoms with Gasteiger partial charge < -0.3 is 10.1 Å². The van der Waals surface area contributed by atoms with E-state index in [9.17, 15) is 22.8 Å². The number of amides is 3. The summed E-state index contributed by atoms with van der Waals surface area (Å²) < 4.78 is 32.8. The minimum atomic E-state index is -3.86. The van der Waals surface area contributed by atoms with Crippen molar-refractivity contribution in [3.8, 4) is 0 Å². The molecule has 0 spiro atoms. The summed E-state index contributed by atoms with van der Waals surface area (Å²) in [7, 11) is -2.52. The van der Waals surface area contributed by atoms with E-state index in [0.29, 0.717) is 5.69 Å². The average Bonchev–Trinajstić information content (AvgIpc) is 2.71. The number of hydrogen-bond acceptors (Lipinski definition) is 6. The van der Waals surface area contributed by atoms with Crippen LogP contribution in [0.1, 0.15) is 28.4 Å². The minimum absolute atomic E-state index is 0.0367. The van der Waals surface area contributed by atoms with Crippen molar-refractivity contribution in [2.45, 2.75) is 31.8 Å². The molecule has 3 amide bonds. The zero-order chi connectivity index (χ0) is 22.5. The van der Waals surface area contributed by atoms with Gasteiger partial charge in [-0.25, -0.2) is 18.0 Å². The van der Waals surface area contributed by atoms with Gasteiger partial charge in [0.1, 0.15) is 0 Å². The van der Waals surface area contributed by atoms with Gasteiger partial charge in [0.05, 0.1) is 16.1 Å². The molecular formula is C20H23N3O6S. The van der Waals surface area contributed by atoms with Crippen molar-refractivity contribution < 1.29 is 27.5 Å². The monoisotopic (exact) mass is 433 g/mol. The number of urea groups is 1. The topological polar surface area (TPSA) is 131 Å². The van der Waals surface area contributed by atoms with Gasteiger partial charge in [0.15, 0.2) is 6.10 Å². The summed E-state index contributed by atoms with van der Waals surface area (Å²) in [5.74, 6) is -1.62. The summed E-state index contributed by atoms with van der Waals surface area (Å²) in [6.07, 6.45) is -1.22. The van der Waals surface area contributed by atoms with Crippen LogP contribution in [-0.2, 0) is 19.6 Å². The fourth-order valence-corrected chi connectivity index (χ4v) is 3.52. The number of hydrogen-bond donors (Lipinski definition) is 3. The first-order valence-electron chi connectivity index (χ1n) is 8.98. The number of benzene rings is 2. The normalized spacial score (nSPS) is 11.9. The Morgan fingerprint density at radius 3 is 2.23 bits per heavy atom. The van der Waals surface area contributed by atoms with E-state index in [2.05, 4.69) is 10.0 Å². The molecule has 160 valence electrons. The van der Waals surface area contributed by atoms with Crippen LogP contribution in [0.3, 0.4) is 0 Å². The van der Waals surface area contributed by atoms with E-state index in [1.165, 1.54) is 38.2 Å². The van der Waals surface area contributed by atoms with Crippen molar-refractivity contribution >= 4 is 33.6 Å². The van der Waals surface area contributed by atoms with Crippen LogP contribution in [0.4, 0.5) is 10.5 Å². The minimum Gasteiger partial charge on any atom is -0.449 e. The Bertz CT molecular complexity index is 1060. The Morgan fingerprint density at radius 2 is 1.63 bits per heavy atom. The number of ether oxygens (including phenoxy) is 1. The van der Waals surface area contributed by atoms with Crippen LogP contribution < -0.4 is 15.4 Å². The predicted octanol–water partition coefficient (Wildman–Crippen LogP) is 2.11. The second-order valence-electron chi connectivity index (χ2n) is 6.49. The molecule has 0 heterocycles. The smallest absolute Gasteiger partial charge is 0.338 e. The van der Waals surface area contributed by atoms with Crippen LogP contribution in [-0.4, -0.2) is 39.5 Å². The maximum Gasteiger partial charge on any atom is 0.338 e. The number of esters is 1. The van der Waals surface area contributed by atoms with Crippen LogP contribution >= 0.6 is 0 Å². The van der Waals surface area contributed by atoms with E-state index in [4.69, 9.17) is 4.74 Å². The summed E-state index contributed by atoms with van der Waals surface area (Å²) in [6.45, 7) is 5.00. The summed E-state index contributed by atoms with van der Waals surface area (Å²) in [5.41, 5.74) is 2.28. The fourth-order valence-electron chi connectivity index (χ4n) is 2.39. The van der Waals surface area contributed by atoms with E-state index in [1.54, 1.807) is 12.1 Å². The van der Waals surface area contributed by atoms with Crippen LogP contribution in [0, 0.1) is 13.8 Å². The molecule has 0 aromatic heterocycles. The molecule has 3 N–H and O–H groups in total. The average molecular weight is 433 g/mol. The van der Waals surface area contributed by atoms with Gasteiger partial charge >= 0.3 is 12.0 Å². The first-order chi connectivity index (χ1) is 14.0. The number of imide groups is 1. The lowest BCUT2D eigenvalue weighted by atomic mass is 10.1. The summed E-state index contributed by atoms with van der Waals surface area (Å²) >= 11 is 0. The molecule has 1 atom stereocenters.